The molecule has 2 rings (SSSR count). The molecule has 0 radical (unpaired) electrons. The molecule has 1 saturated heterocycles. The fourth-order valence-electron chi connectivity index (χ4n) is 2.27. The number of methoxy groups -OCH3 is 1. The molecular formula is C15H22N2O2S. The third-order valence-electron chi connectivity index (χ3n) is 3.40. The van der Waals surface area contributed by atoms with Gasteiger partial charge in [-0.05, 0) is 24.6 Å². The van der Waals surface area contributed by atoms with Gasteiger partial charge in [-0.1, -0.05) is 12.1 Å². The van der Waals surface area contributed by atoms with E-state index in [2.05, 4.69) is 10.6 Å². The minimum Gasteiger partial charge on any atom is -0.497 e. The molecule has 1 aromatic carbocycles. The molecule has 2 N–H and O–H groups in total. The number of hydrogen-bond acceptors (Lipinski definition) is 4. The van der Waals surface area contributed by atoms with Gasteiger partial charge in [-0.3, -0.25) is 4.79 Å². The van der Waals surface area contributed by atoms with Gasteiger partial charge < -0.3 is 15.4 Å². The van der Waals surface area contributed by atoms with Crippen LogP contribution in [0.1, 0.15) is 24.9 Å². The molecule has 2 unspecified atom stereocenters. The molecule has 0 aliphatic carbocycles. The topological polar surface area (TPSA) is 50.4 Å². The summed E-state index contributed by atoms with van der Waals surface area (Å²) >= 11 is 1.91. The lowest BCUT2D eigenvalue weighted by atomic mass is 10.1. The van der Waals surface area contributed by atoms with E-state index in [1.54, 1.807) is 7.11 Å². The minimum absolute atomic E-state index is 0.00570. The maximum Gasteiger partial charge on any atom is 0.222 e. The van der Waals surface area contributed by atoms with Crippen LogP contribution in [0.4, 0.5) is 0 Å². The Balaban J connectivity index is 1.86. The number of hydrogen-bond donors (Lipinski definition) is 2. The first-order valence-electron chi connectivity index (χ1n) is 6.93. The maximum absolute atomic E-state index is 12.1. The van der Waals surface area contributed by atoms with E-state index in [0.29, 0.717) is 12.5 Å². The van der Waals surface area contributed by atoms with Gasteiger partial charge >= 0.3 is 0 Å². The Kier molecular flexibility index (Phi) is 5.73. The standard InChI is InChI=1S/C15H22N2O2S/c1-11(12-4-3-5-14(8-12)19-2)17-15(18)9-13-10-20-7-6-16-13/h3-5,8,11,13,16H,6-7,9-10H2,1-2H3,(H,17,18). The number of ether oxygens (including phenoxy) is 1. The lowest BCUT2D eigenvalue weighted by Crippen LogP contribution is -2.41. The summed E-state index contributed by atoms with van der Waals surface area (Å²) in [6.45, 7) is 2.99. The molecule has 5 heteroatoms. The Morgan fingerprint density at radius 1 is 1.60 bits per heavy atom. The largest absolute Gasteiger partial charge is 0.497 e. The lowest BCUT2D eigenvalue weighted by Gasteiger charge is -2.23. The highest BCUT2D eigenvalue weighted by Crippen LogP contribution is 2.19. The molecule has 2 atom stereocenters. The van der Waals surface area contributed by atoms with Gasteiger partial charge in [0.25, 0.3) is 0 Å². The van der Waals surface area contributed by atoms with E-state index in [4.69, 9.17) is 4.74 Å². The van der Waals surface area contributed by atoms with Gasteiger partial charge in [0.1, 0.15) is 5.75 Å². The summed E-state index contributed by atoms with van der Waals surface area (Å²) in [6.07, 6.45) is 0.543. The second-order valence-corrected chi connectivity index (χ2v) is 6.15. The second-order valence-electron chi connectivity index (χ2n) is 5.00. The van der Waals surface area contributed by atoms with Gasteiger partial charge in [0, 0.05) is 30.5 Å². The zero-order chi connectivity index (χ0) is 14.4. The van der Waals surface area contributed by atoms with Crippen molar-refractivity contribution in [2.24, 2.45) is 0 Å². The van der Waals surface area contributed by atoms with Crippen molar-refractivity contribution in [2.75, 3.05) is 25.2 Å². The fourth-order valence-corrected chi connectivity index (χ4v) is 3.22. The van der Waals surface area contributed by atoms with Crippen LogP contribution in [-0.2, 0) is 4.79 Å². The molecule has 1 aliphatic heterocycles. The van der Waals surface area contributed by atoms with E-state index >= 15 is 0 Å². The highest BCUT2D eigenvalue weighted by Gasteiger charge is 2.18. The van der Waals surface area contributed by atoms with Crippen LogP contribution in [0.5, 0.6) is 5.75 Å². The molecule has 0 saturated carbocycles. The predicted molar refractivity (Wildman–Crippen MR) is 83.3 cm³/mol. The van der Waals surface area contributed by atoms with E-state index < -0.39 is 0 Å². The van der Waals surface area contributed by atoms with Crippen LogP contribution in [0.15, 0.2) is 24.3 Å². The number of amides is 1. The predicted octanol–water partition coefficient (Wildman–Crippen LogP) is 1.97. The Hall–Kier alpha value is -1.20. The van der Waals surface area contributed by atoms with Gasteiger partial charge in [-0.15, -0.1) is 0 Å². The van der Waals surface area contributed by atoms with Crippen molar-refractivity contribution in [1.29, 1.82) is 0 Å². The number of carbonyl (C=O) groups excluding carboxylic acids is 1. The van der Waals surface area contributed by atoms with E-state index in [9.17, 15) is 4.79 Å². The van der Waals surface area contributed by atoms with Crippen molar-refractivity contribution in [2.45, 2.75) is 25.4 Å². The molecule has 0 bridgehead atoms. The highest BCUT2D eigenvalue weighted by atomic mass is 32.2. The van der Waals surface area contributed by atoms with Crippen molar-refractivity contribution in [3.05, 3.63) is 29.8 Å². The maximum atomic E-state index is 12.1. The summed E-state index contributed by atoms with van der Waals surface area (Å²) < 4.78 is 5.21. The molecule has 1 aliphatic rings. The van der Waals surface area contributed by atoms with Gasteiger partial charge in [0.2, 0.25) is 5.91 Å². The monoisotopic (exact) mass is 294 g/mol. The number of benzene rings is 1. The average Bonchev–Trinajstić information content (AvgIpc) is 2.48. The van der Waals surface area contributed by atoms with Crippen LogP contribution in [0.3, 0.4) is 0 Å². The van der Waals surface area contributed by atoms with Crippen LogP contribution in [-0.4, -0.2) is 37.1 Å². The van der Waals surface area contributed by atoms with Gasteiger partial charge in [-0.2, -0.15) is 11.8 Å². The van der Waals surface area contributed by atoms with E-state index in [-0.39, 0.29) is 11.9 Å². The van der Waals surface area contributed by atoms with Crippen LogP contribution >= 0.6 is 11.8 Å². The lowest BCUT2D eigenvalue weighted by molar-refractivity contribution is -0.122. The number of carbonyl (C=O) groups is 1. The fraction of sp³-hybridized carbons (Fsp3) is 0.533. The minimum atomic E-state index is -0.00570. The quantitative estimate of drug-likeness (QED) is 0.872. The molecular weight excluding hydrogens is 272 g/mol. The third-order valence-corrected chi connectivity index (χ3v) is 4.53. The Labute approximate surface area is 124 Å². The van der Waals surface area contributed by atoms with Crippen LogP contribution in [0.2, 0.25) is 0 Å². The Morgan fingerprint density at radius 2 is 2.45 bits per heavy atom. The van der Waals surface area contributed by atoms with Crippen molar-refractivity contribution in [3.8, 4) is 5.75 Å². The number of rotatable bonds is 5. The first-order valence-corrected chi connectivity index (χ1v) is 8.09. The SMILES string of the molecule is COc1cccc(C(C)NC(=O)CC2CSCCN2)c1. The third kappa shape index (κ3) is 4.42. The summed E-state index contributed by atoms with van der Waals surface area (Å²) in [6, 6.07) is 8.10. The smallest absolute Gasteiger partial charge is 0.222 e. The summed E-state index contributed by atoms with van der Waals surface area (Å²) in [7, 11) is 1.65. The molecule has 110 valence electrons. The molecule has 1 aromatic rings. The van der Waals surface area contributed by atoms with Gasteiger partial charge in [0.15, 0.2) is 0 Å². The summed E-state index contributed by atoms with van der Waals surface area (Å²) in [5.74, 6) is 3.06. The first-order chi connectivity index (χ1) is 9.69. The van der Waals surface area contributed by atoms with Crippen molar-refractivity contribution in [1.82, 2.24) is 10.6 Å². The first kappa shape index (κ1) is 15.2. The molecule has 20 heavy (non-hydrogen) atoms. The average molecular weight is 294 g/mol. The van der Waals surface area contributed by atoms with Gasteiger partial charge in [-0.25, -0.2) is 0 Å². The Morgan fingerprint density at radius 3 is 3.15 bits per heavy atom. The Bertz CT molecular complexity index is 447. The normalized spacial score (nSPS) is 20.2. The number of thioether (sulfide) groups is 1. The van der Waals surface area contributed by atoms with E-state index in [0.717, 1.165) is 29.4 Å². The summed E-state index contributed by atoms with van der Waals surface area (Å²) in [5, 5.41) is 6.43. The van der Waals surface area contributed by atoms with E-state index in [1.807, 2.05) is 43.0 Å². The highest BCUT2D eigenvalue weighted by molar-refractivity contribution is 7.99. The second kappa shape index (κ2) is 7.55. The molecule has 4 nitrogen and oxygen atoms in total. The molecule has 0 spiro atoms. The zero-order valence-corrected chi connectivity index (χ0v) is 12.8. The van der Waals surface area contributed by atoms with Gasteiger partial charge in [0.05, 0.1) is 13.2 Å². The van der Waals surface area contributed by atoms with Crippen LogP contribution < -0.4 is 15.4 Å². The summed E-state index contributed by atoms with van der Waals surface area (Å²) in [5.41, 5.74) is 1.06. The van der Waals surface area contributed by atoms with Crippen molar-refractivity contribution < 1.29 is 9.53 Å². The molecule has 1 fully saturated rings. The van der Waals surface area contributed by atoms with Crippen LogP contribution in [0.25, 0.3) is 0 Å². The molecule has 0 aromatic heterocycles. The van der Waals surface area contributed by atoms with Crippen LogP contribution in [0, 0.1) is 0 Å². The summed E-state index contributed by atoms with van der Waals surface area (Å²) in [4.78, 5) is 12.1. The number of nitrogens with one attached hydrogen (secondary N) is 2. The molecule has 1 amide bonds. The zero-order valence-electron chi connectivity index (χ0n) is 12.0. The van der Waals surface area contributed by atoms with Crippen molar-refractivity contribution in [3.63, 3.8) is 0 Å². The van der Waals surface area contributed by atoms with E-state index in [1.165, 1.54) is 0 Å². The van der Waals surface area contributed by atoms with Crippen molar-refractivity contribution >= 4 is 17.7 Å². The molecule has 1 heterocycles.